The maximum atomic E-state index is 12.8. The van der Waals surface area contributed by atoms with Gasteiger partial charge in [0.1, 0.15) is 11.4 Å². The van der Waals surface area contributed by atoms with Gasteiger partial charge in [0.25, 0.3) is 0 Å². The molecule has 0 bridgehead atoms. The van der Waals surface area contributed by atoms with E-state index in [2.05, 4.69) is 10.1 Å². The lowest BCUT2D eigenvalue weighted by molar-refractivity contribution is 0.0519. The molecule has 6 nitrogen and oxygen atoms in total. The van der Waals surface area contributed by atoms with Gasteiger partial charge in [0.05, 0.1) is 29.9 Å². The fourth-order valence-corrected chi connectivity index (χ4v) is 4.57. The van der Waals surface area contributed by atoms with Gasteiger partial charge >= 0.3 is 5.97 Å². The molecule has 1 N–H and O–H groups in total. The molecule has 0 amide bonds. The van der Waals surface area contributed by atoms with E-state index in [9.17, 15) is 4.79 Å². The zero-order valence-corrected chi connectivity index (χ0v) is 21.2. The number of ether oxygens (including phenoxy) is 2. The van der Waals surface area contributed by atoms with Crippen molar-refractivity contribution < 1.29 is 14.3 Å². The van der Waals surface area contributed by atoms with Crippen LogP contribution in [0.1, 0.15) is 40.5 Å². The SMILES string of the molecule is CCOC(=O)c1[nH]c2c(-c3cnn(C)c3)c(Cl)ccc2c1CCCOc1cc(C)c(Cl)c(C)c1. The third-order valence-corrected chi connectivity index (χ3v) is 6.67. The third-order valence-electron chi connectivity index (χ3n) is 5.75. The summed E-state index contributed by atoms with van der Waals surface area (Å²) in [6.45, 7) is 6.51. The number of aryl methyl sites for hydroxylation is 4. The predicted molar refractivity (Wildman–Crippen MR) is 136 cm³/mol. The van der Waals surface area contributed by atoms with Crippen molar-refractivity contribution in [3.8, 4) is 16.9 Å². The molecule has 0 aliphatic heterocycles. The Labute approximate surface area is 208 Å². The van der Waals surface area contributed by atoms with E-state index in [1.807, 2.05) is 51.4 Å². The number of benzene rings is 2. The van der Waals surface area contributed by atoms with Crippen molar-refractivity contribution in [1.82, 2.24) is 14.8 Å². The van der Waals surface area contributed by atoms with Gasteiger partial charge in [-0.1, -0.05) is 29.3 Å². The second-order valence-electron chi connectivity index (χ2n) is 8.27. The van der Waals surface area contributed by atoms with Gasteiger partial charge < -0.3 is 14.5 Å². The lowest BCUT2D eigenvalue weighted by Crippen LogP contribution is -2.09. The van der Waals surface area contributed by atoms with Crippen molar-refractivity contribution >= 4 is 40.1 Å². The fourth-order valence-electron chi connectivity index (χ4n) is 4.19. The number of carbonyl (C=O) groups is 1. The minimum Gasteiger partial charge on any atom is -0.494 e. The summed E-state index contributed by atoms with van der Waals surface area (Å²) in [7, 11) is 1.85. The van der Waals surface area contributed by atoms with Crippen LogP contribution in [0, 0.1) is 13.8 Å². The first-order valence-electron chi connectivity index (χ1n) is 11.2. The van der Waals surface area contributed by atoms with E-state index in [1.165, 1.54) is 0 Å². The molecule has 0 atom stereocenters. The number of nitrogens with zero attached hydrogens (tertiary/aromatic N) is 2. The Morgan fingerprint density at radius 1 is 1.18 bits per heavy atom. The molecule has 4 rings (SSSR count). The molecule has 2 aromatic carbocycles. The molecule has 0 fully saturated rings. The summed E-state index contributed by atoms with van der Waals surface area (Å²) in [5.74, 6) is 0.404. The normalized spacial score (nSPS) is 11.2. The zero-order valence-electron chi connectivity index (χ0n) is 19.7. The first kappa shape index (κ1) is 24.2. The molecule has 2 aromatic heterocycles. The second-order valence-corrected chi connectivity index (χ2v) is 9.05. The molecule has 178 valence electrons. The van der Waals surface area contributed by atoms with Crippen LogP contribution in [0.5, 0.6) is 5.75 Å². The Hall–Kier alpha value is -2.96. The summed E-state index contributed by atoms with van der Waals surface area (Å²) >= 11 is 12.8. The van der Waals surface area contributed by atoms with Crippen molar-refractivity contribution in [3.05, 3.63) is 69.1 Å². The standard InChI is InChI=1S/C26H27Cl2N3O3/c1-5-33-26(32)25-19(7-6-10-34-18-11-15(2)23(28)16(3)12-18)20-8-9-21(27)22(24(20)30-25)17-13-29-31(4)14-17/h8-9,11-14,30H,5-7,10H2,1-4H3. The van der Waals surface area contributed by atoms with Crippen LogP contribution in [-0.2, 0) is 18.2 Å². The minimum atomic E-state index is -0.383. The molecule has 34 heavy (non-hydrogen) atoms. The Morgan fingerprint density at radius 2 is 1.91 bits per heavy atom. The molecule has 0 saturated heterocycles. The molecule has 0 unspecified atom stereocenters. The van der Waals surface area contributed by atoms with Crippen LogP contribution in [0.2, 0.25) is 10.0 Å². The third kappa shape index (κ3) is 4.79. The average Bonchev–Trinajstić information content (AvgIpc) is 3.38. The van der Waals surface area contributed by atoms with E-state index in [4.69, 9.17) is 32.7 Å². The summed E-state index contributed by atoms with van der Waals surface area (Å²) in [5.41, 5.74) is 5.79. The summed E-state index contributed by atoms with van der Waals surface area (Å²) in [5, 5.41) is 6.55. The minimum absolute atomic E-state index is 0.294. The summed E-state index contributed by atoms with van der Waals surface area (Å²) in [4.78, 5) is 16.1. The Bertz CT molecular complexity index is 1330. The number of rotatable bonds is 8. The lowest BCUT2D eigenvalue weighted by Gasteiger charge is -2.10. The highest BCUT2D eigenvalue weighted by molar-refractivity contribution is 6.35. The number of fused-ring (bicyclic) bond motifs is 1. The van der Waals surface area contributed by atoms with Gasteiger partial charge in [-0.3, -0.25) is 4.68 Å². The largest absolute Gasteiger partial charge is 0.494 e. The number of hydrogen-bond donors (Lipinski definition) is 1. The Morgan fingerprint density at radius 3 is 2.56 bits per heavy atom. The predicted octanol–water partition coefficient (Wildman–Crippen LogP) is 6.68. The Balaban J connectivity index is 1.64. The van der Waals surface area contributed by atoms with Crippen LogP contribution < -0.4 is 4.74 Å². The van der Waals surface area contributed by atoms with Gasteiger partial charge in [-0.25, -0.2) is 4.79 Å². The van der Waals surface area contributed by atoms with E-state index in [-0.39, 0.29) is 5.97 Å². The molecule has 0 spiro atoms. The van der Waals surface area contributed by atoms with Gasteiger partial charge in [0.15, 0.2) is 0 Å². The number of H-pyrrole nitrogens is 1. The number of nitrogens with one attached hydrogen (secondary N) is 1. The van der Waals surface area contributed by atoms with E-state index < -0.39 is 0 Å². The molecule has 8 heteroatoms. The van der Waals surface area contributed by atoms with Crippen LogP contribution in [0.15, 0.2) is 36.7 Å². The van der Waals surface area contributed by atoms with Crippen LogP contribution in [-0.4, -0.2) is 33.9 Å². The highest BCUT2D eigenvalue weighted by Gasteiger charge is 2.22. The van der Waals surface area contributed by atoms with Gasteiger partial charge in [0.2, 0.25) is 0 Å². The average molecular weight is 500 g/mol. The number of esters is 1. The zero-order chi connectivity index (χ0) is 24.4. The molecular formula is C26H27Cl2N3O3. The van der Waals surface area contributed by atoms with Crippen LogP contribution in [0.25, 0.3) is 22.0 Å². The first-order chi connectivity index (χ1) is 16.3. The molecule has 0 radical (unpaired) electrons. The highest BCUT2D eigenvalue weighted by Crippen LogP contribution is 2.37. The van der Waals surface area contributed by atoms with Gasteiger partial charge in [-0.15, -0.1) is 0 Å². The number of halogens is 2. The maximum Gasteiger partial charge on any atom is 0.355 e. The first-order valence-corrected chi connectivity index (χ1v) is 11.9. The van der Waals surface area contributed by atoms with Crippen molar-refractivity contribution in [2.75, 3.05) is 13.2 Å². The van der Waals surface area contributed by atoms with Crippen molar-refractivity contribution in [2.45, 2.75) is 33.6 Å². The maximum absolute atomic E-state index is 12.8. The van der Waals surface area contributed by atoms with Gasteiger partial charge in [-0.2, -0.15) is 5.10 Å². The number of aromatic nitrogens is 3. The van der Waals surface area contributed by atoms with E-state index in [0.29, 0.717) is 36.8 Å². The van der Waals surface area contributed by atoms with Crippen LogP contribution in [0.3, 0.4) is 0 Å². The molecule has 0 saturated carbocycles. The number of carbonyl (C=O) groups excluding carboxylic acids is 1. The topological polar surface area (TPSA) is 69.1 Å². The van der Waals surface area contributed by atoms with E-state index in [0.717, 1.165) is 49.5 Å². The lowest BCUT2D eigenvalue weighted by atomic mass is 10.0. The second kappa shape index (κ2) is 10.1. The van der Waals surface area contributed by atoms with Crippen molar-refractivity contribution in [3.63, 3.8) is 0 Å². The van der Waals surface area contributed by atoms with Crippen molar-refractivity contribution in [2.24, 2.45) is 7.05 Å². The van der Waals surface area contributed by atoms with Gasteiger partial charge in [-0.05, 0) is 68.5 Å². The fraction of sp³-hybridized carbons (Fsp3) is 0.308. The van der Waals surface area contributed by atoms with E-state index in [1.54, 1.807) is 17.8 Å². The Kier molecular flexibility index (Phi) is 7.19. The summed E-state index contributed by atoms with van der Waals surface area (Å²) in [6.07, 6.45) is 5.00. The van der Waals surface area contributed by atoms with Crippen LogP contribution in [0.4, 0.5) is 0 Å². The highest BCUT2D eigenvalue weighted by atomic mass is 35.5. The molecule has 0 aliphatic rings. The molecule has 2 heterocycles. The smallest absolute Gasteiger partial charge is 0.355 e. The van der Waals surface area contributed by atoms with Gasteiger partial charge in [0, 0.05) is 34.8 Å². The molecule has 4 aromatic rings. The quantitative estimate of drug-likeness (QED) is 0.216. The monoisotopic (exact) mass is 499 g/mol. The molecular weight excluding hydrogens is 473 g/mol. The number of hydrogen-bond acceptors (Lipinski definition) is 4. The molecule has 0 aliphatic carbocycles. The number of aromatic amines is 1. The summed E-state index contributed by atoms with van der Waals surface area (Å²) < 4.78 is 13.0. The van der Waals surface area contributed by atoms with Crippen molar-refractivity contribution in [1.29, 1.82) is 0 Å². The summed E-state index contributed by atoms with van der Waals surface area (Å²) in [6, 6.07) is 7.67. The van der Waals surface area contributed by atoms with E-state index >= 15 is 0 Å². The van der Waals surface area contributed by atoms with Crippen LogP contribution >= 0.6 is 23.2 Å².